The third-order valence-electron chi connectivity index (χ3n) is 3.88. The smallest absolute Gasteiger partial charge is 0.340 e. The van der Waals surface area contributed by atoms with Crippen molar-refractivity contribution in [3.8, 4) is 11.1 Å². The van der Waals surface area contributed by atoms with E-state index in [0.717, 1.165) is 21.6 Å². The molecular formula is C21H28O3S. The van der Waals surface area contributed by atoms with E-state index in [0.29, 0.717) is 6.61 Å². The van der Waals surface area contributed by atoms with Crippen molar-refractivity contribution >= 4 is 17.3 Å². The van der Waals surface area contributed by atoms with Crippen LogP contribution in [-0.4, -0.2) is 18.2 Å². The highest BCUT2D eigenvalue weighted by atomic mass is 32.1. The van der Waals surface area contributed by atoms with Gasteiger partial charge in [0.05, 0.1) is 12.2 Å². The van der Waals surface area contributed by atoms with Gasteiger partial charge in [0.1, 0.15) is 0 Å². The lowest BCUT2D eigenvalue weighted by Gasteiger charge is -2.27. The molecule has 0 spiro atoms. The molecule has 4 heteroatoms. The molecule has 0 fully saturated rings. The summed E-state index contributed by atoms with van der Waals surface area (Å²) < 4.78 is 11.5. The van der Waals surface area contributed by atoms with Crippen LogP contribution in [0.25, 0.3) is 11.1 Å². The molecule has 0 aliphatic carbocycles. The summed E-state index contributed by atoms with van der Waals surface area (Å²) in [5.74, 6) is -0.327. The van der Waals surface area contributed by atoms with E-state index in [-0.39, 0.29) is 5.97 Å². The number of ether oxygens (including phenoxy) is 2. The van der Waals surface area contributed by atoms with Gasteiger partial charge in [-0.05, 0) is 54.0 Å². The van der Waals surface area contributed by atoms with Crippen LogP contribution in [0.2, 0.25) is 0 Å². The van der Waals surface area contributed by atoms with Crippen molar-refractivity contribution in [1.82, 2.24) is 0 Å². The van der Waals surface area contributed by atoms with Gasteiger partial charge in [-0.2, -0.15) is 0 Å². The van der Waals surface area contributed by atoms with Gasteiger partial charge in [0.2, 0.25) is 0 Å². The summed E-state index contributed by atoms with van der Waals surface area (Å²) in [5, 5.41) is 0. The van der Waals surface area contributed by atoms with Gasteiger partial charge >= 0.3 is 5.97 Å². The van der Waals surface area contributed by atoms with Crippen molar-refractivity contribution < 1.29 is 14.3 Å². The van der Waals surface area contributed by atoms with E-state index in [4.69, 9.17) is 9.47 Å². The first kappa shape index (κ1) is 19.7. The van der Waals surface area contributed by atoms with Crippen LogP contribution in [-0.2, 0) is 14.3 Å². The Bertz CT molecular complexity index is 736. The highest BCUT2D eigenvalue weighted by molar-refractivity contribution is 7.12. The average molecular weight is 361 g/mol. The zero-order valence-corrected chi connectivity index (χ0v) is 17.0. The van der Waals surface area contributed by atoms with Crippen LogP contribution in [0.4, 0.5) is 0 Å². The van der Waals surface area contributed by atoms with Crippen LogP contribution in [0.1, 0.15) is 54.7 Å². The number of hydrogen-bond acceptors (Lipinski definition) is 4. The number of hydrogen-bond donors (Lipinski definition) is 0. The SMILES string of the molecule is CCOC(=O)C(OC(C)(C)C)c1c(C)sc(C)c1-c1ccc(C)cc1. The minimum absolute atomic E-state index is 0.327. The first-order chi connectivity index (χ1) is 11.6. The Morgan fingerprint density at radius 2 is 1.68 bits per heavy atom. The van der Waals surface area contributed by atoms with Crippen molar-refractivity contribution in [3.05, 3.63) is 45.1 Å². The van der Waals surface area contributed by atoms with Crippen LogP contribution < -0.4 is 0 Å². The lowest BCUT2D eigenvalue weighted by atomic mass is 9.95. The highest BCUT2D eigenvalue weighted by Crippen LogP contribution is 2.42. The fraction of sp³-hybridized carbons (Fsp3) is 0.476. The predicted molar refractivity (Wildman–Crippen MR) is 104 cm³/mol. The lowest BCUT2D eigenvalue weighted by Crippen LogP contribution is -2.29. The van der Waals surface area contributed by atoms with Crippen LogP contribution in [0.5, 0.6) is 0 Å². The second kappa shape index (κ2) is 7.71. The number of aryl methyl sites for hydroxylation is 3. The van der Waals surface area contributed by atoms with Crippen molar-refractivity contribution in [2.75, 3.05) is 6.61 Å². The maximum absolute atomic E-state index is 12.7. The van der Waals surface area contributed by atoms with E-state index in [1.807, 2.05) is 34.6 Å². The van der Waals surface area contributed by atoms with Gasteiger partial charge in [-0.15, -0.1) is 11.3 Å². The Labute approximate surface area is 155 Å². The summed E-state index contributed by atoms with van der Waals surface area (Å²) in [7, 11) is 0. The van der Waals surface area contributed by atoms with E-state index in [9.17, 15) is 4.79 Å². The van der Waals surface area contributed by atoms with E-state index in [1.54, 1.807) is 11.3 Å². The Morgan fingerprint density at radius 1 is 1.08 bits per heavy atom. The molecule has 0 aliphatic rings. The largest absolute Gasteiger partial charge is 0.464 e. The topological polar surface area (TPSA) is 35.5 Å². The second-order valence-corrected chi connectivity index (χ2v) is 8.66. The fourth-order valence-electron chi connectivity index (χ4n) is 2.89. The van der Waals surface area contributed by atoms with Crippen LogP contribution in [0.15, 0.2) is 24.3 Å². The molecule has 136 valence electrons. The first-order valence-electron chi connectivity index (χ1n) is 8.65. The molecule has 1 heterocycles. The third-order valence-corrected chi connectivity index (χ3v) is 4.92. The van der Waals surface area contributed by atoms with Gasteiger partial charge < -0.3 is 9.47 Å². The van der Waals surface area contributed by atoms with Gasteiger partial charge in [-0.1, -0.05) is 29.8 Å². The molecular weight excluding hydrogens is 332 g/mol. The van der Waals surface area contributed by atoms with Gasteiger partial charge in [0, 0.05) is 20.9 Å². The Hall–Kier alpha value is -1.65. The quantitative estimate of drug-likeness (QED) is 0.636. The Morgan fingerprint density at radius 3 is 2.20 bits per heavy atom. The summed E-state index contributed by atoms with van der Waals surface area (Å²) >= 11 is 1.70. The molecule has 1 aromatic heterocycles. The van der Waals surface area contributed by atoms with Crippen molar-refractivity contribution in [3.63, 3.8) is 0 Å². The molecule has 2 aromatic rings. The number of rotatable bonds is 5. The Kier molecular flexibility index (Phi) is 6.07. The van der Waals surface area contributed by atoms with Crippen molar-refractivity contribution in [1.29, 1.82) is 0 Å². The molecule has 0 aliphatic heterocycles. The molecule has 1 aromatic carbocycles. The van der Waals surface area contributed by atoms with Gasteiger partial charge in [-0.3, -0.25) is 0 Å². The Balaban J connectivity index is 2.60. The predicted octanol–water partition coefficient (Wildman–Crippen LogP) is 5.76. The summed E-state index contributed by atoms with van der Waals surface area (Å²) in [6, 6.07) is 8.39. The van der Waals surface area contributed by atoms with Crippen LogP contribution in [0.3, 0.4) is 0 Å². The van der Waals surface area contributed by atoms with Crippen LogP contribution in [0, 0.1) is 20.8 Å². The zero-order chi connectivity index (χ0) is 18.8. The number of esters is 1. The van der Waals surface area contributed by atoms with Crippen molar-refractivity contribution in [2.24, 2.45) is 0 Å². The zero-order valence-electron chi connectivity index (χ0n) is 16.2. The molecule has 0 saturated heterocycles. The summed E-state index contributed by atoms with van der Waals surface area (Å²) in [5.41, 5.74) is 3.88. The molecule has 2 rings (SSSR count). The molecule has 1 atom stereocenters. The first-order valence-corrected chi connectivity index (χ1v) is 9.47. The summed E-state index contributed by atoms with van der Waals surface area (Å²) in [6.07, 6.45) is -0.721. The van der Waals surface area contributed by atoms with E-state index in [2.05, 4.69) is 38.1 Å². The normalized spacial score (nSPS) is 12.9. The van der Waals surface area contributed by atoms with Gasteiger partial charge in [0.15, 0.2) is 6.10 Å². The molecule has 0 radical (unpaired) electrons. The summed E-state index contributed by atoms with van der Waals surface area (Å²) in [6.45, 7) is 14.2. The minimum Gasteiger partial charge on any atom is -0.464 e. The lowest BCUT2D eigenvalue weighted by molar-refractivity contribution is -0.166. The molecule has 0 bridgehead atoms. The highest BCUT2D eigenvalue weighted by Gasteiger charge is 2.33. The maximum atomic E-state index is 12.7. The van der Waals surface area contributed by atoms with Crippen molar-refractivity contribution in [2.45, 2.75) is 60.2 Å². The number of carbonyl (C=O) groups is 1. The number of thiophene rings is 1. The molecule has 25 heavy (non-hydrogen) atoms. The van der Waals surface area contributed by atoms with Gasteiger partial charge in [-0.25, -0.2) is 4.79 Å². The van der Waals surface area contributed by atoms with E-state index < -0.39 is 11.7 Å². The van der Waals surface area contributed by atoms with Gasteiger partial charge in [0.25, 0.3) is 0 Å². The summed E-state index contributed by atoms with van der Waals surface area (Å²) in [4.78, 5) is 15.0. The van der Waals surface area contributed by atoms with Crippen LogP contribution >= 0.6 is 11.3 Å². The molecule has 0 saturated carbocycles. The molecule has 0 amide bonds. The molecule has 0 N–H and O–H groups in total. The average Bonchev–Trinajstić information content (AvgIpc) is 2.79. The third kappa shape index (κ3) is 4.71. The number of benzene rings is 1. The molecule has 1 unspecified atom stereocenters. The standard InChI is InChI=1S/C21H28O3S/c1-8-23-20(22)19(24-21(5,6)7)18-15(4)25-14(3)17(18)16-11-9-13(2)10-12-16/h9-12,19H,8H2,1-7H3. The second-order valence-electron chi connectivity index (χ2n) is 7.23. The monoisotopic (exact) mass is 360 g/mol. The number of carbonyl (C=O) groups excluding carboxylic acids is 1. The van der Waals surface area contributed by atoms with E-state index >= 15 is 0 Å². The minimum atomic E-state index is -0.721. The fourth-order valence-corrected chi connectivity index (χ4v) is 4.00. The maximum Gasteiger partial charge on any atom is 0.340 e. The molecule has 3 nitrogen and oxygen atoms in total. The van der Waals surface area contributed by atoms with E-state index in [1.165, 1.54) is 10.4 Å².